The van der Waals surface area contributed by atoms with Crippen molar-refractivity contribution < 1.29 is 18.1 Å². The highest BCUT2D eigenvalue weighted by atomic mass is 32.2. The van der Waals surface area contributed by atoms with Gasteiger partial charge in [0.05, 0.1) is 18.6 Å². The Hall–Kier alpha value is 0.350. The van der Waals surface area contributed by atoms with Crippen LogP contribution in [0.2, 0.25) is 0 Å². The number of carbonyl (C=O) groups is 2. The lowest BCUT2D eigenvalue weighted by Gasteiger charge is -2.35. The normalized spacial score (nSPS) is 14.3. The van der Waals surface area contributed by atoms with Crippen molar-refractivity contribution in [3.05, 3.63) is 0 Å². The Balaban J connectivity index is 4.83. The van der Waals surface area contributed by atoms with Gasteiger partial charge in [-0.1, -0.05) is 53.3 Å². The monoisotopic (exact) mass is 425 g/mol. The first-order valence-corrected chi connectivity index (χ1v) is 11.8. The lowest BCUT2D eigenvalue weighted by Crippen LogP contribution is -2.33. The van der Waals surface area contributed by atoms with Crippen LogP contribution in [0.5, 0.6) is 0 Å². The summed E-state index contributed by atoms with van der Waals surface area (Å²) in [5.41, 5.74) is -0.829. The van der Waals surface area contributed by atoms with Crippen LogP contribution in [-0.4, -0.2) is 39.3 Å². The molecule has 0 radical (unpaired) electrons. The van der Waals surface area contributed by atoms with Gasteiger partial charge in [-0.2, -0.15) is 0 Å². The maximum absolute atomic E-state index is 12.2. The molecule has 0 saturated carbocycles. The van der Waals surface area contributed by atoms with E-state index in [1.54, 1.807) is 0 Å². The van der Waals surface area contributed by atoms with E-state index in [0.29, 0.717) is 12.4 Å². The lowest BCUT2D eigenvalue weighted by molar-refractivity contribution is -0.118. The largest absolute Gasteiger partial charge is 0.320 e. The van der Waals surface area contributed by atoms with Crippen LogP contribution in [0.3, 0.4) is 0 Å². The van der Waals surface area contributed by atoms with Crippen molar-refractivity contribution in [1.29, 1.82) is 0 Å². The van der Waals surface area contributed by atoms with Gasteiger partial charge in [0.1, 0.15) is 0 Å². The minimum absolute atomic E-state index is 0.0293. The van der Waals surface area contributed by atoms with Crippen LogP contribution < -0.4 is 0 Å². The Morgan fingerprint density at radius 2 is 1.38 bits per heavy atom. The molecule has 0 spiro atoms. The van der Waals surface area contributed by atoms with Crippen LogP contribution in [0.15, 0.2) is 0 Å². The molecule has 0 aliphatic rings. The zero-order chi connectivity index (χ0) is 20.7. The van der Waals surface area contributed by atoms with E-state index < -0.39 is 13.9 Å². The molecule has 0 heterocycles. The fourth-order valence-corrected chi connectivity index (χ4v) is 5.06. The van der Waals surface area contributed by atoms with Crippen LogP contribution in [-0.2, 0) is 18.1 Å². The van der Waals surface area contributed by atoms with Crippen molar-refractivity contribution in [2.75, 3.05) is 12.4 Å². The molecule has 0 fully saturated rings. The molecule has 1 atom stereocenters. The van der Waals surface area contributed by atoms with Crippen molar-refractivity contribution in [3.63, 3.8) is 0 Å². The molecule has 0 rings (SSSR count). The van der Waals surface area contributed by atoms with Gasteiger partial charge in [0.15, 0.2) is 5.12 Å². The van der Waals surface area contributed by atoms with Gasteiger partial charge in [0, 0.05) is 28.7 Å². The molecule has 0 aromatic rings. The van der Waals surface area contributed by atoms with Crippen molar-refractivity contribution >= 4 is 42.6 Å². The van der Waals surface area contributed by atoms with Gasteiger partial charge in [0.25, 0.3) is 8.53 Å². The molecule has 154 valence electrons. The van der Waals surface area contributed by atoms with Crippen LogP contribution in [0.25, 0.3) is 0 Å². The summed E-state index contributed by atoms with van der Waals surface area (Å²) < 4.78 is 13.9. The van der Waals surface area contributed by atoms with E-state index in [9.17, 15) is 9.59 Å². The zero-order valence-corrected chi connectivity index (χ0v) is 20.4. The van der Waals surface area contributed by atoms with Crippen LogP contribution >= 0.6 is 32.3 Å². The first kappa shape index (κ1) is 26.4. The maximum atomic E-state index is 12.2. The number of rotatable bonds is 9. The fourth-order valence-electron chi connectivity index (χ4n) is 1.76. The van der Waals surface area contributed by atoms with Gasteiger partial charge < -0.3 is 4.52 Å². The van der Waals surface area contributed by atoms with Crippen molar-refractivity contribution in [2.24, 2.45) is 10.8 Å². The minimum atomic E-state index is -1.39. The summed E-state index contributed by atoms with van der Waals surface area (Å²) in [5.74, 6) is 0.570. The van der Waals surface area contributed by atoms with Crippen LogP contribution in [0.1, 0.15) is 69.2 Å². The summed E-state index contributed by atoms with van der Waals surface area (Å²) in [6.07, 6.45) is 0. The molecule has 1 unspecified atom stereocenters. The molecular weight excluding hydrogens is 389 g/mol. The molecule has 26 heavy (non-hydrogen) atoms. The van der Waals surface area contributed by atoms with Gasteiger partial charge in [-0.25, -0.2) is 8.64 Å². The second-order valence-electron chi connectivity index (χ2n) is 8.72. The third-order valence-electron chi connectivity index (χ3n) is 3.17. The summed E-state index contributed by atoms with van der Waals surface area (Å²) in [7, 11) is -1.39. The predicted octanol–water partition coefficient (Wildman–Crippen LogP) is 5.89. The Morgan fingerprint density at radius 3 is 1.77 bits per heavy atom. The van der Waals surface area contributed by atoms with E-state index in [1.807, 2.05) is 41.5 Å². The molecule has 0 amide bonds. The highest BCUT2D eigenvalue weighted by molar-refractivity contribution is 8.13. The molecule has 0 saturated heterocycles. The first-order chi connectivity index (χ1) is 11.7. The average molecular weight is 426 g/mol. The number of thioether (sulfide) groups is 1. The van der Waals surface area contributed by atoms with E-state index >= 15 is 0 Å². The van der Waals surface area contributed by atoms with Gasteiger partial charge in [-0.15, -0.1) is 0 Å². The predicted molar refractivity (Wildman–Crippen MR) is 115 cm³/mol. The minimum Gasteiger partial charge on any atom is -0.320 e. The Morgan fingerprint density at radius 1 is 0.923 bits per heavy atom. The number of hydrogen-bond acceptors (Lipinski definition) is 7. The summed E-state index contributed by atoms with van der Waals surface area (Å²) in [5, 5.41) is 0.117. The third kappa shape index (κ3) is 10.0. The zero-order valence-electron chi connectivity index (χ0n) is 17.9. The van der Waals surface area contributed by atoms with E-state index in [1.165, 1.54) is 11.8 Å². The van der Waals surface area contributed by atoms with Crippen molar-refractivity contribution in [3.8, 4) is 0 Å². The lowest BCUT2D eigenvalue weighted by atomic mass is 9.99. The third-order valence-corrected chi connectivity index (χ3v) is 7.69. The molecule has 0 aromatic heterocycles. The number of nitrogens with zero attached hydrogens (tertiary/aromatic N) is 1. The SMILES string of the molecule is CC(C)N(C(C)C)P(OCCSC(=O)C(C)(C)C)OSC(=O)C(C)(C)C. The second kappa shape index (κ2) is 11.4. The van der Waals surface area contributed by atoms with Crippen molar-refractivity contribution in [2.45, 2.75) is 81.3 Å². The van der Waals surface area contributed by atoms with E-state index in [0.717, 1.165) is 12.0 Å². The number of carbonyl (C=O) groups excluding carboxylic acids is 2. The molecular formula is C18H36NO4PS2. The van der Waals surface area contributed by atoms with Crippen LogP contribution in [0.4, 0.5) is 0 Å². The maximum Gasteiger partial charge on any atom is 0.271 e. The fraction of sp³-hybridized carbons (Fsp3) is 0.889. The molecule has 0 aliphatic carbocycles. The van der Waals surface area contributed by atoms with Crippen molar-refractivity contribution in [1.82, 2.24) is 4.67 Å². The first-order valence-electron chi connectivity index (χ1n) is 8.95. The molecule has 0 aromatic carbocycles. The van der Waals surface area contributed by atoms with E-state index in [-0.39, 0.29) is 27.7 Å². The standard InChI is InChI=1S/C18H36NO4PS2/c1-13(2)19(14(3)4)24(23-26-16(21)18(8,9)10)22-11-12-25-15(20)17(5,6)7/h13-14H,11-12H2,1-10H3. The summed E-state index contributed by atoms with van der Waals surface area (Å²) >= 11 is 2.15. The Bertz CT molecular complexity index is 451. The molecule has 8 heteroatoms. The second-order valence-corrected chi connectivity index (χ2v) is 12.1. The molecule has 0 bridgehead atoms. The Labute approximate surface area is 169 Å². The van der Waals surface area contributed by atoms with Gasteiger partial charge in [-0.3, -0.25) is 9.59 Å². The quantitative estimate of drug-likeness (QED) is 0.259. The summed E-state index contributed by atoms with van der Waals surface area (Å²) in [6.45, 7) is 20.1. The number of hydrogen-bond donors (Lipinski definition) is 0. The molecule has 0 aliphatic heterocycles. The van der Waals surface area contributed by atoms with E-state index in [4.69, 9.17) is 8.49 Å². The van der Waals surface area contributed by atoms with Gasteiger partial charge in [-0.05, 0) is 27.7 Å². The van der Waals surface area contributed by atoms with Gasteiger partial charge >= 0.3 is 0 Å². The highest BCUT2D eigenvalue weighted by Gasteiger charge is 2.31. The highest BCUT2D eigenvalue weighted by Crippen LogP contribution is 2.50. The van der Waals surface area contributed by atoms with E-state index in [2.05, 4.69) is 32.4 Å². The Kier molecular flexibility index (Phi) is 11.5. The van der Waals surface area contributed by atoms with Crippen LogP contribution in [0, 0.1) is 10.8 Å². The molecule has 5 nitrogen and oxygen atoms in total. The topological polar surface area (TPSA) is 55.8 Å². The smallest absolute Gasteiger partial charge is 0.271 e. The van der Waals surface area contributed by atoms with Gasteiger partial charge in [0.2, 0.25) is 5.12 Å². The average Bonchev–Trinajstić information content (AvgIpc) is 2.44. The summed E-state index contributed by atoms with van der Waals surface area (Å²) in [4.78, 5) is 24.2. The molecule has 0 N–H and O–H groups in total. The summed E-state index contributed by atoms with van der Waals surface area (Å²) in [6, 6.07) is 0.436.